The predicted molar refractivity (Wildman–Crippen MR) is 114 cm³/mol. The SMILES string of the molecule is O=c1n(CCCO)c2cc(Cl)ccc2n1N1CCC(Cc2ccccc2)CC1. The van der Waals surface area contributed by atoms with Crippen molar-refractivity contribution in [3.8, 4) is 0 Å². The van der Waals surface area contributed by atoms with Gasteiger partial charge in [0, 0.05) is 31.3 Å². The third kappa shape index (κ3) is 3.82. The number of fused-ring (bicyclic) bond motifs is 1. The fourth-order valence-electron chi connectivity index (χ4n) is 4.20. The summed E-state index contributed by atoms with van der Waals surface area (Å²) in [6.07, 6.45) is 3.78. The Hall–Kier alpha value is -2.24. The molecular weight excluding hydrogens is 374 g/mol. The van der Waals surface area contributed by atoms with Gasteiger partial charge in [-0.25, -0.2) is 9.47 Å². The molecule has 5 nitrogen and oxygen atoms in total. The maximum Gasteiger partial charge on any atom is 0.347 e. The van der Waals surface area contributed by atoms with Gasteiger partial charge in [-0.15, -0.1) is 0 Å². The van der Waals surface area contributed by atoms with Gasteiger partial charge in [-0.2, -0.15) is 0 Å². The Labute approximate surface area is 169 Å². The zero-order valence-corrected chi connectivity index (χ0v) is 16.7. The number of aromatic nitrogens is 2. The van der Waals surface area contributed by atoms with E-state index in [0.29, 0.717) is 23.9 Å². The van der Waals surface area contributed by atoms with Crippen molar-refractivity contribution in [2.75, 3.05) is 24.7 Å². The third-order valence-electron chi connectivity index (χ3n) is 5.65. The summed E-state index contributed by atoms with van der Waals surface area (Å²) in [4.78, 5) is 13.1. The minimum atomic E-state index is -0.0489. The largest absolute Gasteiger partial charge is 0.396 e. The van der Waals surface area contributed by atoms with E-state index in [0.717, 1.165) is 43.4 Å². The molecule has 0 amide bonds. The highest BCUT2D eigenvalue weighted by molar-refractivity contribution is 6.31. The number of imidazole rings is 1. The number of nitrogens with zero attached hydrogens (tertiary/aromatic N) is 3. The van der Waals surface area contributed by atoms with Crippen LogP contribution in [0.2, 0.25) is 5.02 Å². The number of hydrogen-bond acceptors (Lipinski definition) is 3. The maximum absolute atomic E-state index is 13.1. The molecular formula is C22H26ClN3O2. The fourth-order valence-corrected chi connectivity index (χ4v) is 4.37. The Balaban J connectivity index is 1.56. The van der Waals surface area contributed by atoms with Crippen LogP contribution in [-0.2, 0) is 13.0 Å². The highest BCUT2D eigenvalue weighted by atomic mass is 35.5. The molecule has 1 aromatic heterocycles. The molecule has 1 aliphatic rings. The number of piperidine rings is 1. The number of hydrogen-bond donors (Lipinski definition) is 1. The van der Waals surface area contributed by atoms with Crippen LogP contribution in [-0.4, -0.2) is 34.0 Å². The second-order valence-electron chi connectivity index (χ2n) is 7.54. The standard InChI is InChI=1S/C22H26ClN3O2/c23-19-7-8-20-21(16-19)25(11-4-14-27)22(28)26(20)24-12-9-18(10-13-24)15-17-5-2-1-3-6-17/h1-3,5-8,16,18,27H,4,9-15H2. The van der Waals surface area contributed by atoms with Gasteiger partial charge < -0.3 is 10.1 Å². The zero-order valence-electron chi connectivity index (χ0n) is 15.9. The number of aryl methyl sites for hydroxylation is 1. The van der Waals surface area contributed by atoms with Crippen molar-refractivity contribution in [2.45, 2.75) is 32.2 Å². The number of aliphatic hydroxyl groups excluding tert-OH is 1. The van der Waals surface area contributed by atoms with E-state index in [1.807, 2.05) is 22.9 Å². The molecule has 0 atom stereocenters. The second-order valence-corrected chi connectivity index (χ2v) is 7.98. The maximum atomic E-state index is 13.1. The van der Waals surface area contributed by atoms with Crippen molar-refractivity contribution in [1.29, 1.82) is 0 Å². The molecule has 0 radical (unpaired) electrons. The second kappa shape index (κ2) is 8.41. The molecule has 1 fully saturated rings. The van der Waals surface area contributed by atoms with Crippen molar-refractivity contribution in [2.24, 2.45) is 5.92 Å². The molecule has 1 aliphatic heterocycles. The van der Waals surface area contributed by atoms with Crippen molar-refractivity contribution >= 4 is 22.6 Å². The van der Waals surface area contributed by atoms with Crippen LogP contribution in [0.25, 0.3) is 11.0 Å². The summed E-state index contributed by atoms with van der Waals surface area (Å²) in [7, 11) is 0. The van der Waals surface area contributed by atoms with E-state index in [9.17, 15) is 9.90 Å². The van der Waals surface area contributed by atoms with E-state index in [1.54, 1.807) is 4.57 Å². The summed E-state index contributed by atoms with van der Waals surface area (Å²) in [6.45, 7) is 2.27. The first-order valence-corrected chi connectivity index (χ1v) is 10.4. The van der Waals surface area contributed by atoms with E-state index >= 15 is 0 Å². The zero-order chi connectivity index (χ0) is 19.5. The van der Waals surface area contributed by atoms with Crippen LogP contribution in [0, 0.1) is 5.92 Å². The third-order valence-corrected chi connectivity index (χ3v) is 5.88. The first kappa shape index (κ1) is 19.1. The van der Waals surface area contributed by atoms with Gasteiger partial charge in [0.25, 0.3) is 0 Å². The van der Waals surface area contributed by atoms with E-state index < -0.39 is 0 Å². The smallest absolute Gasteiger partial charge is 0.347 e. The van der Waals surface area contributed by atoms with E-state index in [-0.39, 0.29) is 12.3 Å². The molecule has 1 N–H and O–H groups in total. The van der Waals surface area contributed by atoms with Crippen molar-refractivity contribution < 1.29 is 5.11 Å². The van der Waals surface area contributed by atoms with Gasteiger partial charge in [-0.3, -0.25) is 4.57 Å². The molecule has 1 saturated heterocycles. The number of benzene rings is 2. The van der Waals surface area contributed by atoms with E-state index in [2.05, 4.69) is 35.3 Å². The minimum Gasteiger partial charge on any atom is -0.396 e. The first-order valence-electron chi connectivity index (χ1n) is 9.98. The Morgan fingerprint density at radius 1 is 1.04 bits per heavy atom. The van der Waals surface area contributed by atoms with Gasteiger partial charge in [0.15, 0.2) is 0 Å². The van der Waals surface area contributed by atoms with Crippen molar-refractivity contribution in [1.82, 2.24) is 9.24 Å². The lowest BCUT2D eigenvalue weighted by Gasteiger charge is -2.34. The van der Waals surface area contributed by atoms with Crippen LogP contribution >= 0.6 is 11.6 Å². The molecule has 0 bridgehead atoms. The van der Waals surface area contributed by atoms with Crippen LogP contribution in [0.3, 0.4) is 0 Å². The lowest BCUT2D eigenvalue weighted by atomic mass is 9.91. The van der Waals surface area contributed by atoms with Crippen LogP contribution in [0.15, 0.2) is 53.3 Å². The van der Waals surface area contributed by atoms with Crippen LogP contribution in [0.4, 0.5) is 0 Å². The number of halogens is 1. The Kier molecular flexibility index (Phi) is 5.74. The molecule has 28 heavy (non-hydrogen) atoms. The molecule has 148 valence electrons. The Morgan fingerprint density at radius 3 is 2.50 bits per heavy atom. The Bertz CT molecular complexity index is 988. The minimum absolute atomic E-state index is 0.0489. The number of aliphatic hydroxyl groups is 1. The van der Waals surface area contributed by atoms with Crippen molar-refractivity contribution in [3.63, 3.8) is 0 Å². The normalized spacial score (nSPS) is 15.4. The van der Waals surface area contributed by atoms with Gasteiger partial charge in [-0.05, 0) is 55.4 Å². The van der Waals surface area contributed by atoms with Crippen molar-refractivity contribution in [3.05, 3.63) is 69.6 Å². The monoisotopic (exact) mass is 399 g/mol. The van der Waals surface area contributed by atoms with Gasteiger partial charge in [0.1, 0.15) is 0 Å². The quantitative estimate of drug-likeness (QED) is 0.690. The molecule has 4 rings (SSSR count). The molecule has 2 heterocycles. The summed E-state index contributed by atoms with van der Waals surface area (Å²) in [5, 5.41) is 12.0. The average Bonchev–Trinajstić information content (AvgIpc) is 2.98. The molecule has 0 spiro atoms. The van der Waals surface area contributed by atoms with Crippen LogP contribution < -0.4 is 10.7 Å². The van der Waals surface area contributed by atoms with Gasteiger partial charge >= 0.3 is 5.69 Å². The topological polar surface area (TPSA) is 50.4 Å². The lowest BCUT2D eigenvalue weighted by Crippen LogP contribution is -2.47. The molecule has 2 aromatic carbocycles. The van der Waals surface area contributed by atoms with E-state index in [1.165, 1.54) is 5.56 Å². The lowest BCUT2D eigenvalue weighted by molar-refractivity contribution is 0.279. The average molecular weight is 400 g/mol. The molecule has 0 saturated carbocycles. The molecule has 3 aromatic rings. The molecule has 0 aliphatic carbocycles. The highest BCUT2D eigenvalue weighted by Crippen LogP contribution is 2.24. The van der Waals surface area contributed by atoms with Crippen LogP contribution in [0.5, 0.6) is 0 Å². The summed E-state index contributed by atoms with van der Waals surface area (Å²) in [5.74, 6) is 0.645. The summed E-state index contributed by atoms with van der Waals surface area (Å²) >= 11 is 6.18. The van der Waals surface area contributed by atoms with Crippen LogP contribution in [0.1, 0.15) is 24.8 Å². The molecule has 0 unspecified atom stereocenters. The Morgan fingerprint density at radius 2 is 1.79 bits per heavy atom. The predicted octanol–water partition coefficient (Wildman–Crippen LogP) is 3.43. The number of rotatable bonds is 6. The fraction of sp³-hybridized carbons (Fsp3) is 0.409. The van der Waals surface area contributed by atoms with Gasteiger partial charge in [-0.1, -0.05) is 41.9 Å². The summed E-state index contributed by atoms with van der Waals surface area (Å²) < 4.78 is 3.54. The van der Waals surface area contributed by atoms with Gasteiger partial charge in [0.05, 0.1) is 11.0 Å². The summed E-state index contributed by atoms with van der Waals surface area (Å²) in [5.41, 5.74) is 3.05. The first-order chi connectivity index (χ1) is 13.7. The summed E-state index contributed by atoms with van der Waals surface area (Å²) in [6, 6.07) is 16.2. The van der Waals surface area contributed by atoms with E-state index in [4.69, 9.17) is 11.6 Å². The highest BCUT2D eigenvalue weighted by Gasteiger charge is 2.24. The van der Waals surface area contributed by atoms with Gasteiger partial charge in [0.2, 0.25) is 0 Å². The molecule has 6 heteroatoms.